The van der Waals surface area contributed by atoms with E-state index in [9.17, 15) is 0 Å². The lowest BCUT2D eigenvalue weighted by Crippen LogP contribution is -2.26. The predicted octanol–water partition coefficient (Wildman–Crippen LogP) is 3.68. The smallest absolute Gasteiger partial charge is 0.195 e. The maximum Gasteiger partial charge on any atom is 0.195 e. The molecule has 0 radical (unpaired) electrons. The van der Waals surface area contributed by atoms with E-state index in [0.29, 0.717) is 6.04 Å². The Kier molecular flexibility index (Phi) is 4.44. The Labute approximate surface area is 126 Å². The van der Waals surface area contributed by atoms with E-state index in [1.807, 2.05) is 6.07 Å². The standard InChI is InChI=1S/C17H25N3O/c1-3-17-19-15-12-14(7-8-16(15)21-17)18-13-6-5-10-20(4-2)11-9-13/h7-8,12-13,18H,3-6,9-11H2,1-2H3. The number of aromatic nitrogens is 1. The van der Waals surface area contributed by atoms with Gasteiger partial charge in [-0.3, -0.25) is 0 Å². The van der Waals surface area contributed by atoms with Gasteiger partial charge in [-0.15, -0.1) is 0 Å². The first-order chi connectivity index (χ1) is 10.3. The van der Waals surface area contributed by atoms with Crippen LogP contribution in [0.2, 0.25) is 0 Å². The number of rotatable bonds is 4. The van der Waals surface area contributed by atoms with Crippen molar-refractivity contribution in [3.8, 4) is 0 Å². The van der Waals surface area contributed by atoms with Gasteiger partial charge < -0.3 is 14.6 Å². The first-order valence-electron chi connectivity index (χ1n) is 8.17. The highest BCUT2D eigenvalue weighted by atomic mass is 16.3. The highest BCUT2D eigenvalue weighted by molar-refractivity contribution is 5.77. The Morgan fingerprint density at radius 2 is 2.19 bits per heavy atom. The van der Waals surface area contributed by atoms with Crippen molar-refractivity contribution in [3.05, 3.63) is 24.1 Å². The first-order valence-corrected chi connectivity index (χ1v) is 8.17. The van der Waals surface area contributed by atoms with Crippen LogP contribution in [0.4, 0.5) is 5.69 Å². The van der Waals surface area contributed by atoms with Gasteiger partial charge in [-0.1, -0.05) is 13.8 Å². The lowest BCUT2D eigenvalue weighted by molar-refractivity contribution is 0.300. The SMILES string of the molecule is CCc1nc2cc(NC3CCCN(CC)CC3)ccc2o1. The Bertz CT molecular complexity index is 593. The van der Waals surface area contributed by atoms with Crippen LogP contribution < -0.4 is 5.32 Å². The normalized spacial score (nSPS) is 20.6. The summed E-state index contributed by atoms with van der Waals surface area (Å²) in [7, 11) is 0. The first kappa shape index (κ1) is 14.4. The number of hydrogen-bond acceptors (Lipinski definition) is 4. The zero-order valence-corrected chi connectivity index (χ0v) is 13.1. The largest absolute Gasteiger partial charge is 0.441 e. The molecule has 0 saturated carbocycles. The second-order valence-electron chi connectivity index (χ2n) is 5.85. The molecule has 1 aliphatic heterocycles. The van der Waals surface area contributed by atoms with Crippen molar-refractivity contribution >= 4 is 16.8 Å². The molecule has 0 spiro atoms. The van der Waals surface area contributed by atoms with Gasteiger partial charge in [0, 0.05) is 24.7 Å². The molecule has 1 saturated heterocycles. The van der Waals surface area contributed by atoms with Gasteiger partial charge in [0.25, 0.3) is 0 Å². The quantitative estimate of drug-likeness (QED) is 0.931. The van der Waals surface area contributed by atoms with E-state index in [1.54, 1.807) is 0 Å². The molecule has 4 heteroatoms. The molecule has 21 heavy (non-hydrogen) atoms. The predicted molar refractivity (Wildman–Crippen MR) is 86.8 cm³/mol. The van der Waals surface area contributed by atoms with Gasteiger partial charge in [-0.2, -0.15) is 0 Å². The second-order valence-corrected chi connectivity index (χ2v) is 5.85. The summed E-state index contributed by atoms with van der Waals surface area (Å²) in [6.45, 7) is 7.90. The van der Waals surface area contributed by atoms with E-state index >= 15 is 0 Å². The number of anilines is 1. The van der Waals surface area contributed by atoms with Crippen LogP contribution in [0.25, 0.3) is 11.1 Å². The van der Waals surface area contributed by atoms with E-state index in [1.165, 1.54) is 32.4 Å². The molecule has 1 unspecified atom stereocenters. The van der Waals surface area contributed by atoms with Gasteiger partial charge in [-0.05, 0) is 50.6 Å². The second kappa shape index (κ2) is 6.48. The Morgan fingerprint density at radius 1 is 1.29 bits per heavy atom. The highest BCUT2D eigenvalue weighted by Crippen LogP contribution is 2.22. The number of nitrogens with one attached hydrogen (secondary N) is 1. The number of nitrogens with zero attached hydrogens (tertiary/aromatic N) is 2. The molecule has 0 bridgehead atoms. The molecule has 114 valence electrons. The molecule has 0 amide bonds. The lowest BCUT2D eigenvalue weighted by Gasteiger charge is -2.19. The summed E-state index contributed by atoms with van der Waals surface area (Å²) in [5.74, 6) is 0.815. The van der Waals surface area contributed by atoms with E-state index in [4.69, 9.17) is 4.42 Å². The fourth-order valence-corrected chi connectivity index (χ4v) is 3.07. The van der Waals surface area contributed by atoms with Gasteiger partial charge in [0.05, 0.1) is 0 Å². The van der Waals surface area contributed by atoms with Crippen molar-refractivity contribution in [2.45, 2.75) is 45.6 Å². The van der Waals surface area contributed by atoms with E-state index in [2.05, 4.69) is 41.2 Å². The molecule has 1 atom stereocenters. The minimum Gasteiger partial charge on any atom is -0.441 e. The fourth-order valence-electron chi connectivity index (χ4n) is 3.07. The average Bonchev–Trinajstić information content (AvgIpc) is 2.78. The maximum atomic E-state index is 5.67. The molecule has 3 rings (SSSR count). The van der Waals surface area contributed by atoms with Crippen LogP contribution in [-0.4, -0.2) is 35.6 Å². The van der Waals surface area contributed by atoms with Crippen molar-refractivity contribution in [1.29, 1.82) is 0 Å². The van der Waals surface area contributed by atoms with Crippen molar-refractivity contribution < 1.29 is 4.42 Å². The molecule has 1 aliphatic rings. The van der Waals surface area contributed by atoms with Gasteiger partial charge in [0.2, 0.25) is 0 Å². The van der Waals surface area contributed by atoms with Crippen LogP contribution in [0.15, 0.2) is 22.6 Å². The fraction of sp³-hybridized carbons (Fsp3) is 0.588. The van der Waals surface area contributed by atoms with E-state index in [-0.39, 0.29) is 0 Å². The number of oxazole rings is 1. The lowest BCUT2D eigenvalue weighted by atomic mass is 10.1. The molecule has 2 heterocycles. The van der Waals surface area contributed by atoms with Gasteiger partial charge >= 0.3 is 0 Å². The molecule has 0 aliphatic carbocycles. The van der Waals surface area contributed by atoms with Crippen LogP contribution in [0.3, 0.4) is 0 Å². The number of likely N-dealkylation sites (tertiary alicyclic amines) is 1. The van der Waals surface area contributed by atoms with Crippen LogP contribution in [0.5, 0.6) is 0 Å². The average molecular weight is 287 g/mol. The number of hydrogen-bond donors (Lipinski definition) is 1. The van der Waals surface area contributed by atoms with Gasteiger partial charge in [0.15, 0.2) is 11.5 Å². The molecular weight excluding hydrogens is 262 g/mol. The van der Waals surface area contributed by atoms with Crippen molar-refractivity contribution in [2.75, 3.05) is 25.0 Å². The molecule has 2 aromatic rings. The Balaban J connectivity index is 1.69. The van der Waals surface area contributed by atoms with E-state index in [0.717, 1.165) is 35.6 Å². The number of fused-ring (bicyclic) bond motifs is 1. The van der Waals surface area contributed by atoms with Crippen molar-refractivity contribution in [2.24, 2.45) is 0 Å². The number of aryl methyl sites for hydroxylation is 1. The molecule has 1 aromatic carbocycles. The third-order valence-electron chi connectivity index (χ3n) is 4.37. The molecule has 4 nitrogen and oxygen atoms in total. The zero-order valence-electron chi connectivity index (χ0n) is 13.1. The number of benzene rings is 1. The van der Waals surface area contributed by atoms with Crippen molar-refractivity contribution in [3.63, 3.8) is 0 Å². The minimum absolute atomic E-state index is 0.566. The Hall–Kier alpha value is -1.55. The summed E-state index contributed by atoms with van der Waals surface area (Å²) >= 11 is 0. The van der Waals surface area contributed by atoms with Crippen LogP contribution >= 0.6 is 0 Å². The molecule has 1 fully saturated rings. The summed E-state index contributed by atoms with van der Waals surface area (Å²) < 4.78 is 5.67. The topological polar surface area (TPSA) is 41.3 Å². The van der Waals surface area contributed by atoms with Crippen molar-refractivity contribution in [1.82, 2.24) is 9.88 Å². The van der Waals surface area contributed by atoms with Gasteiger partial charge in [0.1, 0.15) is 5.52 Å². The van der Waals surface area contributed by atoms with Gasteiger partial charge in [-0.25, -0.2) is 4.98 Å². The van der Waals surface area contributed by atoms with Crippen LogP contribution in [0, 0.1) is 0 Å². The molecule has 1 aromatic heterocycles. The Morgan fingerprint density at radius 3 is 3.00 bits per heavy atom. The third kappa shape index (κ3) is 3.38. The summed E-state index contributed by atoms with van der Waals surface area (Å²) in [4.78, 5) is 7.05. The summed E-state index contributed by atoms with van der Waals surface area (Å²) in [6, 6.07) is 6.81. The van der Waals surface area contributed by atoms with Crippen LogP contribution in [0.1, 0.15) is 39.0 Å². The maximum absolute atomic E-state index is 5.67. The zero-order chi connectivity index (χ0) is 14.7. The van der Waals surface area contributed by atoms with E-state index < -0.39 is 0 Å². The molecular formula is C17H25N3O. The summed E-state index contributed by atoms with van der Waals surface area (Å²) in [6.07, 6.45) is 4.57. The monoisotopic (exact) mass is 287 g/mol. The summed E-state index contributed by atoms with van der Waals surface area (Å²) in [5, 5.41) is 3.68. The minimum atomic E-state index is 0.566. The highest BCUT2D eigenvalue weighted by Gasteiger charge is 2.16. The molecule has 1 N–H and O–H groups in total. The third-order valence-corrected chi connectivity index (χ3v) is 4.37. The van der Waals surface area contributed by atoms with Crippen LogP contribution in [-0.2, 0) is 6.42 Å². The summed E-state index contributed by atoms with van der Waals surface area (Å²) in [5.41, 5.74) is 3.00.